The van der Waals surface area contributed by atoms with Gasteiger partial charge < -0.3 is 10.2 Å². The van der Waals surface area contributed by atoms with Gasteiger partial charge in [0, 0.05) is 5.56 Å². The molecule has 2 aromatic rings. The highest BCUT2D eigenvalue weighted by molar-refractivity contribution is 5.87. The highest BCUT2D eigenvalue weighted by Crippen LogP contribution is 2.38. The van der Waals surface area contributed by atoms with Gasteiger partial charge in [0.1, 0.15) is 11.4 Å². The van der Waals surface area contributed by atoms with Crippen LogP contribution in [0.5, 0.6) is 5.75 Å². The van der Waals surface area contributed by atoms with E-state index in [1.807, 2.05) is 6.07 Å². The fraction of sp³-hybridized carbons (Fsp3) is 0.231. The average molecular weight is 244 g/mol. The number of carbonyl (C=O) groups is 1. The number of aromatic nitrogens is 2. The summed E-state index contributed by atoms with van der Waals surface area (Å²) in [7, 11) is 0. The van der Waals surface area contributed by atoms with Crippen LogP contribution in [-0.4, -0.2) is 26.4 Å². The Morgan fingerprint density at radius 2 is 2.17 bits per heavy atom. The number of H-pyrrole nitrogens is 1. The Morgan fingerprint density at radius 1 is 1.33 bits per heavy atom. The van der Waals surface area contributed by atoms with Crippen molar-refractivity contribution in [2.45, 2.75) is 19.3 Å². The van der Waals surface area contributed by atoms with E-state index in [0.29, 0.717) is 11.3 Å². The second-order valence-electron chi connectivity index (χ2n) is 4.42. The summed E-state index contributed by atoms with van der Waals surface area (Å²) < 4.78 is 0. The highest BCUT2D eigenvalue weighted by atomic mass is 16.4. The van der Waals surface area contributed by atoms with E-state index in [9.17, 15) is 9.90 Å². The van der Waals surface area contributed by atoms with Crippen molar-refractivity contribution in [2.75, 3.05) is 0 Å². The molecule has 1 heterocycles. The summed E-state index contributed by atoms with van der Waals surface area (Å²) in [6, 6.07) is 5.02. The molecule has 5 heteroatoms. The summed E-state index contributed by atoms with van der Waals surface area (Å²) in [6.07, 6.45) is 2.95. The third-order valence-electron chi connectivity index (χ3n) is 3.33. The van der Waals surface area contributed by atoms with E-state index in [0.717, 1.165) is 24.8 Å². The standard InChI is InChI=1S/C13H12N2O3/c16-11-5-4-7-2-1-3-8(7)12(11)9-6-10(13(17)18)15-14-9/h4-6,16H,1-3H2,(H,14,15)(H,17,18). The minimum Gasteiger partial charge on any atom is -0.507 e. The first kappa shape index (κ1) is 10.8. The minimum atomic E-state index is -1.05. The van der Waals surface area contributed by atoms with Crippen molar-refractivity contribution in [1.82, 2.24) is 10.2 Å². The molecule has 18 heavy (non-hydrogen) atoms. The summed E-state index contributed by atoms with van der Waals surface area (Å²) in [4.78, 5) is 10.8. The number of aromatic hydroxyl groups is 1. The highest BCUT2D eigenvalue weighted by Gasteiger charge is 2.21. The topological polar surface area (TPSA) is 86.2 Å². The van der Waals surface area contributed by atoms with Crippen molar-refractivity contribution in [3.05, 3.63) is 35.0 Å². The summed E-state index contributed by atoms with van der Waals surface area (Å²) in [5, 5.41) is 25.3. The van der Waals surface area contributed by atoms with Crippen LogP contribution >= 0.6 is 0 Å². The summed E-state index contributed by atoms with van der Waals surface area (Å²) in [5.41, 5.74) is 3.47. The van der Waals surface area contributed by atoms with Crippen LogP contribution in [0.25, 0.3) is 11.3 Å². The first-order chi connectivity index (χ1) is 8.66. The monoisotopic (exact) mass is 244 g/mol. The van der Waals surface area contributed by atoms with E-state index in [1.54, 1.807) is 6.07 Å². The van der Waals surface area contributed by atoms with Gasteiger partial charge in [-0.15, -0.1) is 0 Å². The van der Waals surface area contributed by atoms with Gasteiger partial charge in [-0.05, 0) is 42.5 Å². The van der Waals surface area contributed by atoms with Crippen LogP contribution in [0, 0.1) is 0 Å². The van der Waals surface area contributed by atoms with Gasteiger partial charge in [0.05, 0.1) is 5.69 Å². The predicted octanol–water partition coefficient (Wildman–Crippen LogP) is 1.97. The molecule has 1 aliphatic rings. The Labute approximate surface area is 103 Å². The number of rotatable bonds is 2. The van der Waals surface area contributed by atoms with Gasteiger partial charge in [0.2, 0.25) is 0 Å². The zero-order valence-corrected chi connectivity index (χ0v) is 9.60. The van der Waals surface area contributed by atoms with Crippen LogP contribution in [0.2, 0.25) is 0 Å². The van der Waals surface area contributed by atoms with E-state index >= 15 is 0 Å². The Morgan fingerprint density at radius 3 is 2.89 bits per heavy atom. The molecule has 0 radical (unpaired) electrons. The molecule has 0 atom stereocenters. The van der Waals surface area contributed by atoms with Crippen LogP contribution in [0.3, 0.4) is 0 Å². The van der Waals surface area contributed by atoms with E-state index < -0.39 is 5.97 Å². The van der Waals surface area contributed by atoms with Crippen LogP contribution in [0.1, 0.15) is 28.0 Å². The average Bonchev–Trinajstić information content (AvgIpc) is 2.95. The first-order valence-corrected chi connectivity index (χ1v) is 5.79. The lowest BCUT2D eigenvalue weighted by atomic mass is 9.99. The van der Waals surface area contributed by atoms with Crippen molar-refractivity contribution in [2.24, 2.45) is 0 Å². The largest absolute Gasteiger partial charge is 0.507 e. The van der Waals surface area contributed by atoms with E-state index in [4.69, 9.17) is 5.11 Å². The van der Waals surface area contributed by atoms with Crippen molar-refractivity contribution in [3.63, 3.8) is 0 Å². The molecule has 92 valence electrons. The second kappa shape index (κ2) is 3.87. The molecule has 0 unspecified atom stereocenters. The number of carboxylic acids is 1. The molecule has 5 nitrogen and oxygen atoms in total. The van der Waals surface area contributed by atoms with E-state index in [1.165, 1.54) is 11.6 Å². The first-order valence-electron chi connectivity index (χ1n) is 5.79. The SMILES string of the molecule is O=C(O)c1cc(-c2c(O)ccc3c2CCC3)n[nH]1. The third kappa shape index (κ3) is 1.55. The number of nitrogens with one attached hydrogen (secondary N) is 1. The van der Waals surface area contributed by atoms with Crippen LogP contribution < -0.4 is 0 Å². The number of fused-ring (bicyclic) bond motifs is 1. The zero-order chi connectivity index (χ0) is 12.7. The lowest BCUT2D eigenvalue weighted by Gasteiger charge is -2.08. The lowest BCUT2D eigenvalue weighted by molar-refractivity contribution is 0.0690. The van der Waals surface area contributed by atoms with Crippen LogP contribution in [-0.2, 0) is 12.8 Å². The number of phenols is 1. The molecule has 0 saturated carbocycles. The number of nitrogens with zero attached hydrogens (tertiary/aromatic N) is 1. The number of aromatic amines is 1. The maximum atomic E-state index is 10.8. The van der Waals surface area contributed by atoms with Gasteiger partial charge in [0.25, 0.3) is 0 Å². The molecule has 3 N–H and O–H groups in total. The van der Waals surface area contributed by atoms with Crippen LogP contribution in [0.4, 0.5) is 0 Å². The van der Waals surface area contributed by atoms with Crippen molar-refractivity contribution >= 4 is 5.97 Å². The third-order valence-corrected chi connectivity index (χ3v) is 3.33. The number of phenolic OH excluding ortho intramolecular Hbond substituents is 1. The predicted molar refractivity (Wildman–Crippen MR) is 64.7 cm³/mol. The fourth-order valence-electron chi connectivity index (χ4n) is 2.50. The number of aromatic carboxylic acids is 1. The molecule has 0 fully saturated rings. The summed E-state index contributed by atoms with van der Waals surface area (Å²) >= 11 is 0. The Hall–Kier alpha value is -2.30. The number of aryl methyl sites for hydroxylation is 1. The van der Waals surface area contributed by atoms with Gasteiger partial charge in [-0.25, -0.2) is 4.79 Å². The van der Waals surface area contributed by atoms with Gasteiger partial charge in [-0.1, -0.05) is 6.07 Å². The number of benzene rings is 1. The second-order valence-corrected chi connectivity index (χ2v) is 4.42. The van der Waals surface area contributed by atoms with Crippen molar-refractivity contribution in [1.29, 1.82) is 0 Å². The zero-order valence-electron chi connectivity index (χ0n) is 9.60. The number of hydrogen-bond acceptors (Lipinski definition) is 3. The van der Waals surface area contributed by atoms with Gasteiger partial charge in [0.15, 0.2) is 0 Å². The maximum Gasteiger partial charge on any atom is 0.353 e. The molecule has 3 rings (SSSR count). The normalized spacial score (nSPS) is 13.6. The van der Waals surface area contributed by atoms with Gasteiger partial charge in [-0.3, -0.25) is 5.10 Å². The molecule has 1 aromatic carbocycles. The molecule has 0 spiro atoms. The minimum absolute atomic E-state index is 0.0278. The molecule has 1 aliphatic carbocycles. The maximum absolute atomic E-state index is 10.8. The number of hydrogen-bond donors (Lipinski definition) is 3. The van der Waals surface area contributed by atoms with Gasteiger partial charge in [-0.2, -0.15) is 5.10 Å². The molecule has 0 amide bonds. The van der Waals surface area contributed by atoms with Crippen molar-refractivity contribution in [3.8, 4) is 17.0 Å². The quantitative estimate of drug-likeness (QED) is 0.753. The summed E-state index contributed by atoms with van der Waals surface area (Å²) in [6.45, 7) is 0. The van der Waals surface area contributed by atoms with Crippen molar-refractivity contribution < 1.29 is 15.0 Å². The van der Waals surface area contributed by atoms with E-state index in [-0.39, 0.29) is 11.4 Å². The molecule has 0 bridgehead atoms. The van der Waals surface area contributed by atoms with Gasteiger partial charge >= 0.3 is 5.97 Å². The number of carboxylic acid groups (broad SMARTS) is 1. The molecular formula is C13H12N2O3. The fourth-order valence-corrected chi connectivity index (χ4v) is 2.50. The molecule has 0 aliphatic heterocycles. The Bertz CT molecular complexity index is 631. The lowest BCUT2D eigenvalue weighted by Crippen LogP contribution is -1.95. The Kier molecular flexibility index (Phi) is 2.33. The molecule has 1 aromatic heterocycles. The summed E-state index contributed by atoms with van der Waals surface area (Å²) in [5.74, 6) is -0.903. The Balaban J connectivity index is 2.16. The molecule has 0 saturated heterocycles. The van der Waals surface area contributed by atoms with Crippen LogP contribution in [0.15, 0.2) is 18.2 Å². The smallest absolute Gasteiger partial charge is 0.353 e. The molecular weight excluding hydrogens is 232 g/mol. The van der Waals surface area contributed by atoms with E-state index in [2.05, 4.69) is 10.2 Å².